The van der Waals surface area contributed by atoms with E-state index in [0.29, 0.717) is 17.4 Å². The van der Waals surface area contributed by atoms with Crippen LogP contribution in [0, 0.1) is 0 Å². The third kappa shape index (κ3) is 45.0. The summed E-state index contributed by atoms with van der Waals surface area (Å²) in [5.41, 5.74) is 0. The van der Waals surface area contributed by atoms with Crippen molar-refractivity contribution in [3.8, 4) is 0 Å². The Morgan fingerprint density at radius 2 is 0.950 bits per heavy atom. The highest BCUT2D eigenvalue weighted by atomic mass is 31.2. The zero-order valence-corrected chi connectivity index (χ0v) is 39.8. The molecule has 0 aromatic heterocycles. The van der Waals surface area contributed by atoms with Gasteiger partial charge in [0, 0.05) is 12.8 Å². The maximum atomic E-state index is 12.7. The molecule has 346 valence electrons. The molecule has 0 aliphatic heterocycles. The number of esters is 2. The molecule has 1 unspecified atom stereocenters. The first-order valence-corrected chi connectivity index (χ1v) is 25.2. The molecule has 0 aromatic carbocycles. The highest BCUT2D eigenvalue weighted by Crippen LogP contribution is 2.43. The standard InChI is InChI=1S/C50H88NO8P/c1-6-8-10-12-14-16-18-20-22-24-25-27-29-31-33-35-37-39-41-43-50(53)59-48(47-58-60(54,55)57-45-44-51(3,4)5)46-56-49(52)42-40-38-36-34-32-30-28-26-23-21-19-17-15-13-11-9-7-2/h8,10,14,16,20-23,25,27,31,33,48H,6-7,9,11-13,15,17-19,24,26,28-30,32,34-47H2,1-5H3/p+1/b10-8+,16-14+,22-20+,23-21+,27-25+,33-31+/t48-/m1/s1. The summed E-state index contributed by atoms with van der Waals surface area (Å²) in [7, 11) is 1.44. The van der Waals surface area contributed by atoms with Gasteiger partial charge in [-0.15, -0.1) is 0 Å². The van der Waals surface area contributed by atoms with Crippen LogP contribution in [0.15, 0.2) is 72.9 Å². The van der Waals surface area contributed by atoms with Gasteiger partial charge in [-0.3, -0.25) is 18.6 Å². The number of likely N-dealkylation sites (N-methyl/N-ethyl adjacent to an activating group) is 1. The van der Waals surface area contributed by atoms with Crippen LogP contribution in [-0.4, -0.2) is 74.9 Å². The molecule has 0 aliphatic rings. The molecule has 0 amide bonds. The number of rotatable bonds is 42. The minimum Gasteiger partial charge on any atom is -0.462 e. The van der Waals surface area contributed by atoms with Gasteiger partial charge in [0.25, 0.3) is 0 Å². The molecule has 0 radical (unpaired) electrons. The summed E-state index contributed by atoms with van der Waals surface area (Å²) in [6, 6.07) is 0. The number of hydrogen-bond donors (Lipinski definition) is 1. The zero-order chi connectivity index (χ0) is 44.3. The van der Waals surface area contributed by atoms with Crippen molar-refractivity contribution in [2.24, 2.45) is 0 Å². The number of unbranched alkanes of at least 4 members (excludes halogenated alkanes) is 16. The van der Waals surface area contributed by atoms with Gasteiger partial charge >= 0.3 is 19.8 Å². The fraction of sp³-hybridized carbons (Fsp3) is 0.720. The third-order valence-electron chi connectivity index (χ3n) is 9.72. The molecule has 0 bridgehead atoms. The molecule has 10 heteroatoms. The van der Waals surface area contributed by atoms with Gasteiger partial charge in [-0.25, -0.2) is 4.57 Å². The van der Waals surface area contributed by atoms with Crippen molar-refractivity contribution >= 4 is 19.8 Å². The first-order chi connectivity index (χ1) is 29.0. The van der Waals surface area contributed by atoms with Gasteiger partial charge in [0.1, 0.15) is 19.8 Å². The molecule has 0 heterocycles. The van der Waals surface area contributed by atoms with E-state index in [-0.39, 0.29) is 32.0 Å². The lowest BCUT2D eigenvalue weighted by molar-refractivity contribution is -0.870. The fourth-order valence-electron chi connectivity index (χ4n) is 6.03. The number of hydrogen-bond acceptors (Lipinski definition) is 7. The van der Waals surface area contributed by atoms with E-state index in [1.807, 2.05) is 21.1 Å². The van der Waals surface area contributed by atoms with E-state index in [1.165, 1.54) is 64.2 Å². The Morgan fingerprint density at radius 1 is 0.533 bits per heavy atom. The van der Waals surface area contributed by atoms with E-state index >= 15 is 0 Å². The van der Waals surface area contributed by atoms with Gasteiger partial charge in [-0.1, -0.05) is 157 Å². The van der Waals surface area contributed by atoms with E-state index < -0.39 is 26.5 Å². The van der Waals surface area contributed by atoms with E-state index in [2.05, 4.69) is 86.8 Å². The smallest absolute Gasteiger partial charge is 0.462 e. The van der Waals surface area contributed by atoms with Crippen LogP contribution in [0.5, 0.6) is 0 Å². The summed E-state index contributed by atoms with van der Waals surface area (Å²) >= 11 is 0. The van der Waals surface area contributed by atoms with Crippen LogP contribution < -0.4 is 0 Å². The van der Waals surface area contributed by atoms with Crippen molar-refractivity contribution in [2.75, 3.05) is 47.5 Å². The minimum absolute atomic E-state index is 0.0209. The quantitative estimate of drug-likeness (QED) is 0.0212. The first-order valence-electron chi connectivity index (χ1n) is 23.7. The predicted molar refractivity (Wildman–Crippen MR) is 252 cm³/mol. The minimum atomic E-state index is -4.39. The van der Waals surface area contributed by atoms with Crippen molar-refractivity contribution in [3.63, 3.8) is 0 Å². The van der Waals surface area contributed by atoms with Crippen LogP contribution in [0.4, 0.5) is 0 Å². The normalized spacial score (nSPS) is 14.2. The number of nitrogens with zero attached hydrogens (tertiary/aromatic N) is 1. The van der Waals surface area contributed by atoms with Crippen LogP contribution >= 0.6 is 7.82 Å². The van der Waals surface area contributed by atoms with Gasteiger partial charge < -0.3 is 18.9 Å². The van der Waals surface area contributed by atoms with Crippen molar-refractivity contribution in [2.45, 2.75) is 187 Å². The summed E-state index contributed by atoms with van der Waals surface area (Å²) in [5.74, 6) is -0.845. The maximum Gasteiger partial charge on any atom is 0.472 e. The Bertz CT molecular complexity index is 1250. The Balaban J connectivity index is 4.40. The number of phosphoric acid groups is 1. The van der Waals surface area contributed by atoms with Crippen LogP contribution in [0.25, 0.3) is 0 Å². The Kier molecular flexibility index (Phi) is 40.0. The lowest BCUT2D eigenvalue weighted by Crippen LogP contribution is -2.37. The lowest BCUT2D eigenvalue weighted by atomic mass is 10.1. The van der Waals surface area contributed by atoms with E-state index in [9.17, 15) is 19.0 Å². The molecule has 1 N–H and O–H groups in total. The Labute approximate surface area is 368 Å². The highest BCUT2D eigenvalue weighted by Gasteiger charge is 2.27. The second-order valence-corrected chi connectivity index (χ2v) is 18.2. The molecule has 0 rings (SSSR count). The molecule has 9 nitrogen and oxygen atoms in total. The van der Waals surface area contributed by atoms with E-state index in [0.717, 1.165) is 83.5 Å². The van der Waals surface area contributed by atoms with Crippen molar-refractivity contribution in [1.29, 1.82) is 0 Å². The van der Waals surface area contributed by atoms with E-state index in [1.54, 1.807) is 0 Å². The molecule has 0 saturated heterocycles. The van der Waals surface area contributed by atoms with Crippen molar-refractivity contribution in [1.82, 2.24) is 0 Å². The topological polar surface area (TPSA) is 108 Å². The molecule has 0 spiro atoms. The molecular weight excluding hydrogens is 774 g/mol. The van der Waals surface area contributed by atoms with Crippen molar-refractivity contribution in [3.05, 3.63) is 72.9 Å². The second kappa shape index (κ2) is 41.8. The summed E-state index contributed by atoms with van der Waals surface area (Å²) in [5, 5.41) is 0. The number of ether oxygens (including phenoxy) is 2. The monoisotopic (exact) mass is 863 g/mol. The summed E-state index contributed by atoms with van der Waals surface area (Å²) in [4.78, 5) is 35.5. The number of carbonyl (C=O) groups is 2. The number of phosphoric ester groups is 1. The lowest BCUT2D eigenvalue weighted by Gasteiger charge is -2.24. The highest BCUT2D eigenvalue weighted by molar-refractivity contribution is 7.47. The average Bonchev–Trinajstić information content (AvgIpc) is 3.20. The van der Waals surface area contributed by atoms with Gasteiger partial charge in [0.2, 0.25) is 0 Å². The van der Waals surface area contributed by atoms with E-state index in [4.69, 9.17) is 18.5 Å². The van der Waals surface area contributed by atoms with Crippen LogP contribution in [0.2, 0.25) is 0 Å². The fourth-order valence-corrected chi connectivity index (χ4v) is 6.78. The Morgan fingerprint density at radius 3 is 1.45 bits per heavy atom. The number of quaternary nitrogens is 1. The van der Waals surface area contributed by atoms with Gasteiger partial charge in [0.05, 0.1) is 27.7 Å². The van der Waals surface area contributed by atoms with Gasteiger partial charge in [-0.2, -0.15) is 0 Å². The SMILES string of the molecule is CC/C=C/C/C=C/C/C=C/C/C=C/C/C=C/CCCCCC(=O)O[C@H](COC(=O)CCCCCCCCC/C=C/CCCCCCCC)COP(=O)(O)OCC[N+](C)(C)C. The molecule has 0 aliphatic carbocycles. The average molecular weight is 863 g/mol. The zero-order valence-electron chi connectivity index (χ0n) is 38.9. The maximum absolute atomic E-state index is 12.7. The molecule has 2 atom stereocenters. The number of allylic oxidation sites excluding steroid dienone is 12. The molecule has 0 aromatic rings. The van der Waals surface area contributed by atoms with Crippen LogP contribution in [-0.2, 0) is 32.7 Å². The molecule has 0 fully saturated rings. The number of carbonyl (C=O) groups excluding carboxylic acids is 2. The molecular formula is C50H89NO8P+. The van der Waals surface area contributed by atoms with Crippen LogP contribution in [0.3, 0.4) is 0 Å². The molecule has 0 saturated carbocycles. The summed E-state index contributed by atoms with van der Waals surface area (Å²) in [6.45, 7) is 4.25. The third-order valence-corrected chi connectivity index (χ3v) is 10.7. The predicted octanol–water partition coefficient (Wildman–Crippen LogP) is 13.8. The van der Waals surface area contributed by atoms with Gasteiger partial charge in [0.15, 0.2) is 6.10 Å². The Hall–Kier alpha value is -2.55. The van der Waals surface area contributed by atoms with Crippen LogP contribution in [0.1, 0.15) is 181 Å². The first kappa shape index (κ1) is 57.4. The largest absolute Gasteiger partial charge is 0.472 e. The molecule has 60 heavy (non-hydrogen) atoms. The van der Waals surface area contributed by atoms with Gasteiger partial charge in [-0.05, 0) is 83.5 Å². The second-order valence-electron chi connectivity index (χ2n) is 16.8. The summed E-state index contributed by atoms with van der Waals surface area (Å²) < 4.78 is 34.3. The summed E-state index contributed by atoms with van der Waals surface area (Å²) in [6.07, 6.45) is 52.3. The van der Waals surface area contributed by atoms with Crippen molar-refractivity contribution < 1.29 is 42.1 Å².